The zero-order valence-electron chi connectivity index (χ0n) is 13.1. The van der Waals surface area contributed by atoms with E-state index in [9.17, 15) is 5.26 Å². The Bertz CT molecular complexity index is 951. The maximum Gasteiger partial charge on any atom is 0.205 e. The smallest absolute Gasteiger partial charge is 0.205 e. The second-order valence-electron chi connectivity index (χ2n) is 6.15. The van der Waals surface area contributed by atoms with Crippen molar-refractivity contribution in [2.45, 2.75) is 31.1 Å². The number of aromatic amines is 1. The highest BCUT2D eigenvalue weighted by Crippen LogP contribution is 2.49. The summed E-state index contributed by atoms with van der Waals surface area (Å²) < 4.78 is 0. The number of benzene rings is 1. The van der Waals surface area contributed by atoms with E-state index in [-0.39, 0.29) is 0 Å². The van der Waals surface area contributed by atoms with Crippen molar-refractivity contribution in [3.8, 4) is 12.3 Å². The number of H-pyrrole nitrogens is 1. The van der Waals surface area contributed by atoms with Crippen molar-refractivity contribution in [1.82, 2.24) is 4.98 Å². The summed E-state index contributed by atoms with van der Waals surface area (Å²) in [4.78, 5) is 12.2. The minimum absolute atomic E-state index is 0.456. The van der Waals surface area contributed by atoms with Crippen LogP contribution in [0, 0.1) is 22.8 Å². The Hall–Kier alpha value is -3.18. The van der Waals surface area contributed by atoms with Crippen molar-refractivity contribution in [3.05, 3.63) is 53.3 Å². The van der Waals surface area contributed by atoms with Crippen molar-refractivity contribution in [2.75, 3.05) is 0 Å². The molecule has 0 radical (unpaired) electrons. The Morgan fingerprint density at radius 2 is 2.00 bits per heavy atom. The maximum absolute atomic E-state index is 9.18. The summed E-state index contributed by atoms with van der Waals surface area (Å²) in [7, 11) is 0. The predicted octanol–water partition coefficient (Wildman–Crippen LogP) is 3.75. The number of nitriles is 2. The summed E-state index contributed by atoms with van der Waals surface area (Å²) in [6.07, 6.45) is 5.75. The molecule has 1 aliphatic carbocycles. The van der Waals surface area contributed by atoms with Gasteiger partial charge < -0.3 is 4.98 Å². The SMILES string of the molecule is N#CN=C1CCCCC12C(c1ccc(C#N)[nH]1)=Nc1ccccc12. The van der Waals surface area contributed by atoms with Crippen LogP contribution in [0.5, 0.6) is 0 Å². The number of nitrogens with zero attached hydrogens (tertiary/aromatic N) is 4. The molecule has 0 amide bonds. The van der Waals surface area contributed by atoms with Gasteiger partial charge in [-0.05, 0) is 43.0 Å². The quantitative estimate of drug-likeness (QED) is 0.812. The Morgan fingerprint density at radius 3 is 2.79 bits per heavy atom. The molecule has 2 aromatic rings. The lowest BCUT2D eigenvalue weighted by Crippen LogP contribution is -2.44. The molecule has 2 heterocycles. The summed E-state index contributed by atoms with van der Waals surface area (Å²) in [5.41, 5.74) is 4.67. The van der Waals surface area contributed by atoms with Crippen LogP contribution in [0.3, 0.4) is 0 Å². The maximum atomic E-state index is 9.18. The molecule has 5 heteroatoms. The highest BCUT2D eigenvalue weighted by atomic mass is 14.9. The number of hydrogen-bond donors (Lipinski definition) is 1. The third kappa shape index (κ3) is 1.92. The number of aromatic nitrogens is 1. The summed E-state index contributed by atoms with van der Waals surface area (Å²) in [6.45, 7) is 0. The van der Waals surface area contributed by atoms with Crippen LogP contribution in [-0.4, -0.2) is 16.4 Å². The van der Waals surface area contributed by atoms with Crippen molar-refractivity contribution < 1.29 is 0 Å². The van der Waals surface area contributed by atoms with Gasteiger partial charge in [0.25, 0.3) is 0 Å². The minimum Gasteiger partial charge on any atom is -0.345 e. The number of aliphatic imine (C=N–C) groups is 2. The fraction of sp³-hybridized carbons (Fsp3) is 0.263. The molecular formula is C19H15N5. The van der Waals surface area contributed by atoms with Gasteiger partial charge in [-0.3, -0.25) is 0 Å². The average molecular weight is 313 g/mol. The van der Waals surface area contributed by atoms with E-state index in [2.05, 4.69) is 22.1 Å². The van der Waals surface area contributed by atoms with Gasteiger partial charge in [-0.2, -0.15) is 15.5 Å². The van der Waals surface area contributed by atoms with E-state index >= 15 is 0 Å². The van der Waals surface area contributed by atoms with Gasteiger partial charge >= 0.3 is 0 Å². The van der Waals surface area contributed by atoms with E-state index in [0.29, 0.717) is 5.69 Å². The van der Waals surface area contributed by atoms with Gasteiger partial charge in [0, 0.05) is 5.71 Å². The molecule has 1 unspecified atom stereocenters. The van der Waals surface area contributed by atoms with Gasteiger partial charge in [0.15, 0.2) is 0 Å². The lowest BCUT2D eigenvalue weighted by molar-refractivity contribution is 0.560. The average Bonchev–Trinajstić information content (AvgIpc) is 3.21. The van der Waals surface area contributed by atoms with Crippen LogP contribution in [0.1, 0.15) is 42.6 Å². The molecule has 1 atom stereocenters. The Kier molecular flexibility index (Phi) is 3.29. The first-order chi connectivity index (χ1) is 11.8. The zero-order valence-corrected chi connectivity index (χ0v) is 13.1. The normalized spacial score (nSPS) is 23.6. The Labute approximate surface area is 140 Å². The number of nitrogens with one attached hydrogen (secondary N) is 1. The molecule has 116 valence electrons. The van der Waals surface area contributed by atoms with Gasteiger partial charge in [0.1, 0.15) is 11.8 Å². The molecule has 4 rings (SSSR count). The topological polar surface area (TPSA) is 88.1 Å². The van der Waals surface area contributed by atoms with Gasteiger partial charge in [-0.15, -0.1) is 0 Å². The largest absolute Gasteiger partial charge is 0.345 e. The highest BCUT2D eigenvalue weighted by molar-refractivity contribution is 6.26. The monoisotopic (exact) mass is 313 g/mol. The molecule has 0 saturated heterocycles. The molecular weight excluding hydrogens is 298 g/mol. The van der Waals surface area contributed by atoms with Crippen molar-refractivity contribution in [2.24, 2.45) is 9.98 Å². The first-order valence-corrected chi connectivity index (χ1v) is 8.04. The number of rotatable bonds is 1. The number of para-hydroxylation sites is 1. The predicted molar refractivity (Wildman–Crippen MR) is 91.3 cm³/mol. The van der Waals surface area contributed by atoms with E-state index < -0.39 is 5.41 Å². The lowest BCUT2D eigenvalue weighted by atomic mass is 9.65. The molecule has 1 saturated carbocycles. The van der Waals surface area contributed by atoms with E-state index in [4.69, 9.17) is 10.3 Å². The standard InChI is InChI=1S/C19H15N5/c20-11-13-8-9-16(23-13)18-19(10-4-3-7-17(19)22-12-21)14-5-1-2-6-15(14)24-18/h1-2,5-6,8-9,23H,3-4,7,10H2. The molecule has 1 aromatic carbocycles. The van der Waals surface area contributed by atoms with E-state index in [1.165, 1.54) is 0 Å². The van der Waals surface area contributed by atoms with Crippen LogP contribution < -0.4 is 0 Å². The Morgan fingerprint density at radius 1 is 1.12 bits per heavy atom. The fourth-order valence-corrected chi connectivity index (χ4v) is 3.96. The van der Waals surface area contributed by atoms with Gasteiger partial charge in [-0.25, -0.2) is 4.99 Å². The minimum atomic E-state index is -0.456. The first kappa shape index (κ1) is 14.4. The molecule has 1 aliphatic heterocycles. The zero-order chi connectivity index (χ0) is 16.6. The van der Waals surface area contributed by atoms with Crippen LogP contribution in [-0.2, 0) is 5.41 Å². The summed E-state index contributed by atoms with van der Waals surface area (Å²) in [6, 6.07) is 13.8. The van der Waals surface area contributed by atoms with E-state index in [1.807, 2.05) is 30.5 Å². The molecule has 5 nitrogen and oxygen atoms in total. The van der Waals surface area contributed by atoms with E-state index in [0.717, 1.165) is 54.1 Å². The summed E-state index contributed by atoms with van der Waals surface area (Å²) in [5, 5.41) is 18.3. The second kappa shape index (κ2) is 5.47. The Balaban J connectivity index is 1.97. The van der Waals surface area contributed by atoms with Gasteiger partial charge in [0.05, 0.1) is 22.5 Å². The van der Waals surface area contributed by atoms with Crippen molar-refractivity contribution in [3.63, 3.8) is 0 Å². The van der Waals surface area contributed by atoms with Crippen LogP contribution >= 0.6 is 0 Å². The number of hydrogen-bond acceptors (Lipinski definition) is 4. The molecule has 1 N–H and O–H groups in total. The van der Waals surface area contributed by atoms with Crippen molar-refractivity contribution in [1.29, 1.82) is 10.5 Å². The summed E-state index contributed by atoms with van der Waals surface area (Å²) in [5.74, 6) is 0. The summed E-state index contributed by atoms with van der Waals surface area (Å²) >= 11 is 0. The van der Waals surface area contributed by atoms with Crippen LogP contribution in [0.4, 0.5) is 5.69 Å². The molecule has 1 spiro atoms. The third-order valence-corrected chi connectivity index (χ3v) is 4.95. The molecule has 1 fully saturated rings. The molecule has 24 heavy (non-hydrogen) atoms. The molecule has 1 aromatic heterocycles. The lowest BCUT2D eigenvalue weighted by Gasteiger charge is -2.36. The van der Waals surface area contributed by atoms with Crippen LogP contribution in [0.25, 0.3) is 0 Å². The third-order valence-electron chi connectivity index (χ3n) is 4.95. The number of fused-ring (bicyclic) bond motifs is 2. The van der Waals surface area contributed by atoms with E-state index in [1.54, 1.807) is 6.07 Å². The van der Waals surface area contributed by atoms with Gasteiger partial charge in [-0.1, -0.05) is 24.6 Å². The van der Waals surface area contributed by atoms with Crippen LogP contribution in [0.2, 0.25) is 0 Å². The highest BCUT2D eigenvalue weighted by Gasteiger charge is 2.49. The van der Waals surface area contributed by atoms with Crippen molar-refractivity contribution >= 4 is 17.1 Å². The second-order valence-corrected chi connectivity index (χ2v) is 6.15. The fourth-order valence-electron chi connectivity index (χ4n) is 3.96. The molecule has 0 bridgehead atoms. The van der Waals surface area contributed by atoms with Gasteiger partial charge in [0.2, 0.25) is 6.19 Å². The first-order valence-electron chi connectivity index (χ1n) is 8.04. The molecule has 2 aliphatic rings. The van der Waals surface area contributed by atoms with Crippen LogP contribution in [0.15, 0.2) is 46.4 Å².